The van der Waals surface area contributed by atoms with E-state index in [2.05, 4.69) is 16.1 Å². The highest BCUT2D eigenvalue weighted by Crippen LogP contribution is 2.36. The highest BCUT2D eigenvalue weighted by atomic mass is 15.3. The Morgan fingerprint density at radius 3 is 3.00 bits per heavy atom. The third kappa shape index (κ3) is 1.69. The van der Waals surface area contributed by atoms with Gasteiger partial charge in [0.15, 0.2) is 5.65 Å². The van der Waals surface area contributed by atoms with Crippen LogP contribution in [-0.4, -0.2) is 20.1 Å². The van der Waals surface area contributed by atoms with Crippen molar-refractivity contribution in [2.75, 3.05) is 0 Å². The molecule has 16 heavy (non-hydrogen) atoms. The van der Waals surface area contributed by atoms with E-state index in [0.717, 1.165) is 24.3 Å². The summed E-state index contributed by atoms with van der Waals surface area (Å²) >= 11 is 0. The topological polar surface area (TPSA) is 56.2 Å². The Balaban J connectivity index is 1.90. The Bertz CT molecular complexity index is 525. The van der Waals surface area contributed by atoms with Crippen LogP contribution >= 0.6 is 0 Å². The van der Waals surface area contributed by atoms with Crippen LogP contribution in [0.1, 0.15) is 30.8 Å². The molecule has 3 rings (SSSR count). The summed E-state index contributed by atoms with van der Waals surface area (Å²) in [6.07, 6.45) is 4.36. The van der Waals surface area contributed by atoms with Crippen molar-refractivity contribution < 1.29 is 0 Å². The van der Waals surface area contributed by atoms with E-state index < -0.39 is 0 Å². The fraction of sp³-hybridized carbons (Fsp3) is 0.500. The first-order valence-corrected chi connectivity index (χ1v) is 5.76. The van der Waals surface area contributed by atoms with Crippen LogP contribution in [-0.2, 0) is 6.42 Å². The SMILES string of the molecule is Cc1nc2cccc(CCC3(N)CC3)n2n1. The molecular weight excluding hydrogens is 200 g/mol. The number of nitrogens with zero attached hydrogens (tertiary/aromatic N) is 3. The highest BCUT2D eigenvalue weighted by Gasteiger charge is 2.37. The molecule has 0 atom stereocenters. The molecule has 0 radical (unpaired) electrons. The van der Waals surface area contributed by atoms with E-state index in [9.17, 15) is 0 Å². The normalized spacial score (nSPS) is 17.9. The lowest BCUT2D eigenvalue weighted by atomic mass is 10.1. The monoisotopic (exact) mass is 216 g/mol. The van der Waals surface area contributed by atoms with Crippen LogP contribution < -0.4 is 5.73 Å². The smallest absolute Gasteiger partial charge is 0.155 e. The van der Waals surface area contributed by atoms with Crippen molar-refractivity contribution in [2.45, 2.75) is 38.1 Å². The van der Waals surface area contributed by atoms with Crippen molar-refractivity contribution in [2.24, 2.45) is 5.73 Å². The van der Waals surface area contributed by atoms with Gasteiger partial charge in [-0.3, -0.25) is 0 Å². The van der Waals surface area contributed by atoms with E-state index in [1.165, 1.54) is 18.5 Å². The van der Waals surface area contributed by atoms with E-state index in [1.54, 1.807) is 0 Å². The fourth-order valence-corrected chi connectivity index (χ4v) is 2.04. The zero-order valence-corrected chi connectivity index (χ0v) is 9.48. The molecule has 1 aliphatic carbocycles. The maximum atomic E-state index is 6.10. The molecule has 84 valence electrons. The zero-order chi connectivity index (χ0) is 11.2. The minimum atomic E-state index is 0.109. The second-order valence-electron chi connectivity index (χ2n) is 4.81. The Hall–Kier alpha value is -1.42. The van der Waals surface area contributed by atoms with Crippen molar-refractivity contribution in [1.29, 1.82) is 0 Å². The Labute approximate surface area is 94.5 Å². The molecule has 1 saturated carbocycles. The molecule has 0 aromatic carbocycles. The van der Waals surface area contributed by atoms with Crippen molar-refractivity contribution in [3.05, 3.63) is 29.7 Å². The van der Waals surface area contributed by atoms with E-state index in [1.807, 2.05) is 23.6 Å². The Morgan fingerprint density at radius 2 is 2.25 bits per heavy atom. The van der Waals surface area contributed by atoms with Crippen molar-refractivity contribution in [1.82, 2.24) is 14.6 Å². The highest BCUT2D eigenvalue weighted by molar-refractivity contribution is 5.38. The second-order valence-corrected chi connectivity index (χ2v) is 4.81. The fourth-order valence-electron chi connectivity index (χ4n) is 2.04. The van der Waals surface area contributed by atoms with Crippen molar-refractivity contribution in [3.63, 3.8) is 0 Å². The molecule has 0 bridgehead atoms. The maximum absolute atomic E-state index is 6.10. The summed E-state index contributed by atoms with van der Waals surface area (Å²) < 4.78 is 1.93. The van der Waals surface area contributed by atoms with Crippen molar-refractivity contribution >= 4 is 5.65 Å². The lowest BCUT2D eigenvalue weighted by Crippen LogP contribution is -2.22. The number of aryl methyl sites for hydroxylation is 2. The summed E-state index contributed by atoms with van der Waals surface area (Å²) in [7, 11) is 0. The first-order chi connectivity index (χ1) is 7.66. The summed E-state index contributed by atoms with van der Waals surface area (Å²) in [5.41, 5.74) is 8.34. The predicted octanol–water partition coefficient (Wildman–Crippen LogP) is 1.46. The van der Waals surface area contributed by atoms with E-state index in [4.69, 9.17) is 5.73 Å². The van der Waals surface area contributed by atoms with Gasteiger partial charge in [0.25, 0.3) is 0 Å². The lowest BCUT2D eigenvalue weighted by Gasteiger charge is -2.08. The summed E-state index contributed by atoms with van der Waals surface area (Å²) in [4.78, 5) is 4.35. The molecule has 4 nitrogen and oxygen atoms in total. The quantitative estimate of drug-likeness (QED) is 0.845. The van der Waals surface area contributed by atoms with Gasteiger partial charge in [0.2, 0.25) is 0 Å². The maximum Gasteiger partial charge on any atom is 0.155 e. The van der Waals surface area contributed by atoms with Gasteiger partial charge in [-0.1, -0.05) is 6.07 Å². The van der Waals surface area contributed by atoms with E-state index in [-0.39, 0.29) is 5.54 Å². The van der Waals surface area contributed by atoms with E-state index >= 15 is 0 Å². The first-order valence-electron chi connectivity index (χ1n) is 5.76. The van der Waals surface area contributed by atoms with Gasteiger partial charge >= 0.3 is 0 Å². The summed E-state index contributed by atoms with van der Waals surface area (Å²) in [6, 6.07) is 6.13. The molecule has 1 fully saturated rings. The molecule has 0 saturated heterocycles. The standard InChI is InChI=1S/C12H16N4/c1-9-14-11-4-2-3-10(16(11)15-9)5-6-12(13)7-8-12/h2-4H,5-8,13H2,1H3. The molecule has 2 aromatic heterocycles. The molecule has 0 amide bonds. The number of fused-ring (bicyclic) bond motifs is 1. The Kier molecular flexibility index (Phi) is 2.01. The average Bonchev–Trinajstić information content (AvgIpc) is 2.86. The molecule has 4 heteroatoms. The van der Waals surface area contributed by atoms with Crippen LogP contribution in [0, 0.1) is 6.92 Å². The van der Waals surface area contributed by atoms with Gasteiger partial charge in [-0.25, -0.2) is 9.50 Å². The third-order valence-electron chi connectivity index (χ3n) is 3.32. The van der Waals surface area contributed by atoms with Crippen LogP contribution in [0.3, 0.4) is 0 Å². The van der Waals surface area contributed by atoms with Gasteiger partial charge in [-0.2, -0.15) is 5.10 Å². The largest absolute Gasteiger partial charge is 0.325 e. The number of hydrogen-bond acceptors (Lipinski definition) is 3. The third-order valence-corrected chi connectivity index (χ3v) is 3.32. The summed E-state index contributed by atoms with van der Waals surface area (Å²) in [6.45, 7) is 1.92. The van der Waals surface area contributed by atoms with Crippen molar-refractivity contribution in [3.8, 4) is 0 Å². The van der Waals surface area contributed by atoms with Crippen LogP contribution in [0.25, 0.3) is 5.65 Å². The molecule has 2 aromatic rings. The number of aromatic nitrogens is 3. The lowest BCUT2D eigenvalue weighted by molar-refractivity contribution is 0.596. The molecule has 2 N–H and O–H groups in total. The molecular formula is C12H16N4. The number of hydrogen-bond donors (Lipinski definition) is 1. The first kappa shape index (κ1) is 9.78. The van der Waals surface area contributed by atoms with Gasteiger partial charge in [0.05, 0.1) is 0 Å². The van der Waals surface area contributed by atoms with E-state index in [0.29, 0.717) is 0 Å². The second kappa shape index (κ2) is 3.28. The van der Waals surface area contributed by atoms with Gasteiger partial charge < -0.3 is 5.73 Å². The van der Waals surface area contributed by atoms with Crippen LogP contribution in [0.2, 0.25) is 0 Å². The zero-order valence-electron chi connectivity index (χ0n) is 9.48. The molecule has 2 heterocycles. The van der Waals surface area contributed by atoms with Gasteiger partial charge in [-0.15, -0.1) is 0 Å². The molecule has 0 aliphatic heterocycles. The summed E-state index contributed by atoms with van der Waals surface area (Å²) in [5.74, 6) is 0.821. The average molecular weight is 216 g/mol. The van der Waals surface area contributed by atoms with Crippen LogP contribution in [0.4, 0.5) is 0 Å². The number of pyridine rings is 1. The van der Waals surface area contributed by atoms with Gasteiger partial charge in [0, 0.05) is 11.2 Å². The molecule has 0 spiro atoms. The number of nitrogens with two attached hydrogens (primary N) is 1. The number of rotatable bonds is 3. The van der Waals surface area contributed by atoms with Gasteiger partial charge in [0.1, 0.15) is 5.82 Å². The van der Waals surface area contributed by atoms with Gasteiger partial charge in [-0.05, 0) is 44.7 Å². The molecule has 0 unspecified atom stereocenters. The molecule has 1 aliphatic rings. The Morgan fingerprint density at radius 1 is 1.44 bits per heavy atom. The van der Waals surface area contributed by atoms with Crippen LogP contribution in [0.15, 0.2) is 18.2 Å². The summed E-state index contributed by atoms with van der Waals surface area (Å²) in [5, 5.41) is 4.40. The predicted molar refractivity (Wildman–Crippen MR) is 62.2 cm³/mol. The van der Waals surface area contributed by atoms with Crippen LogP contribution in [0.5, 0.6) is 0 Å². The minimum absolute atomic E-state index is 0.109. The minimum Gasteiger partial charge on any atom is -0.325 e.